The van der Waals surface area contributed by atoms with Gasteiger partial charge in [0.05, 0.1) is 5.56 Å². The van der Waals surface area contributed by atoms with E-state index >= 15 is 0 Å². The maximum absolute atomic E-state index is 13.1. The average molecular weight is 347 g/mol. The van der Waals surface area contributed by atoms with Crippen molar-refractivity contribution in [2.45, 2.75) is 45.0 Å². The Kier molecular flexibility index (Phi) is 5.46. The smallest absolute Gasteiger partial charge is 0.282 e. The summed E-state index contributed by atoms with van der Waals surface area (Å²) in [5.41, 5.74) is 1.20. The van der Waals surface area contributed by atoms with Crippen molar-refractivity contribution in [1.29, 1.82) is 0 Å². The Morgan fingerprint density at radius 2 is 2.00 bits per heavy atom. The van der Waals surface area contributed by atoms with Crippen molar-refractivity contribution >= 4 is 11.6 Å². The first-order chi connectivity index (χ1) is 12.0. The number of aryl methyl sites for hydroxylation is 1. The number of benzene rings is 1. The Bertz CT molecular complexity index is 736. The number of halogens is 2. The number of nitrogens with zero attached hydrogens (tertiary/aromatic N) is 2. The normalized spacial score (nSPS) is 15.5. The first-order valence-electron chi connectivity index (χ1n) is 8.75. The van der Waals surface area contributed by atoms with Gasteiger partial charge in [0.1, 0.15) is 5.69 Å². The van der Waals surface area contributed by atoms with E-state index in [1.54, 1.807) is 0 Å². The zero-order valence-corrected chi connectivity index (χ0v) is 14.3. The van der Waals surface area contributed by atoms with Gasteiger partial charge in [-0.25, -0.2) is 8.78 Å². The fourth-order valence-electron chi connectivity index (χ4n) is 3.55. The minimum absolute atomic E-state index is 0.0787. The molecule has 1 N–H and O–H groups in total. The number of carbonyl (C=O) groups is 1. The highest BCUT2D eigenvalue weighted by molar-refractivity contribution is 6.05. The van der Waals surface area contributed by atoms with E-state index < -0.39 is 18.0 Å². The van der Waals surface area contributed by atoms with E-state index in [0.29, 0.717) is 11.6 Å². The number of rotatable bonds is 5. The second kappa shape index (κ2) is 7.76. The fraction of sp³-hybridized carbons (Fsp3) is 0.474. The second-order valence-corrected chi connectivity index (χ2v) is 6.72. The molecule has 134 valence electrons. The highest BCUT2D eigenvalue weighted by atomic mass is 19.3. The van der Waals surface area contributed by atoms with Crippen molar-refractivity contribution in [3.8, 4) is 0 Å². The van der Waals surface area contributed by atoms with Crippen LogP contribution >= 0.6 is 0 Å². The Hall–Kier alpha value is -2.24. The largest absolute Gasteiger partial charge is 0.322 e. The van der Waals surface area contributed by atoms with Gasteiger partial charge in [-0.2, -0.15) is 5.10 Å². The molecule has 0 bridgehead atoms. The van der Waals surface area contributed by atoms with Crippen LogP contribution in [0.5, 0.6) is 0 Å². The lowest BCUT2D eigenvalue weighted by atomic mass is 9.84. The molecule has 1 amide bonds. The molecule has 2 aromatic rings. The van der Waals surface area contributed by atoms with Crippen molar-refractivity contribution in [1.82, 2.24) is 9.78 Å². The molecule has 0 unspecified atom stereocenters. The number of anilines is 1. The summed E-state index contributed by atoms with van der Waals surface area (Å²) >= 11 is 0. The second-order valence-electron chi connectivity index (χ2n) is 6.72. The van der Waals surface area contributed by atoms with Crippen molar-refractivity contribution < 1.29 is 13.6 Å². The molecule has 1 aliphatic rings. The molecule has 1 saturated carbocycles. The zero-order valence-electron chi connectivity index (χ0n) is 14.3. The van der Waals surface area contributed by atoms with Gasteiger partial charge in [-0.1, -0.05) is 50.3 Å². The summed E-state index contributed by atoms with van der Waals surface area (Å²) in [6, 6.07) is 7.62. The monoisotopic (exact) mass is 347 g/mol. The lowest BCUT2D eigenvalue weighted by Gasteiger charge is -2.22. The lowest BCUT2D eigenvalue weighted by Crippen LogP contribution is -2.16. The van der Waals surface area contributed by atoms with E-state index in [2.05, 4.69) is 10.4 Å². The third-order valence-corrected chi connectivity index (χ3v) is 4.81. The van der Waals surface area contributed by atoms with E-state index in [0.717, 1.165) is 12.0 Å². The zero-order chi connectivity index (χ0) is 17.8. The lowest BCUT2D eigenvalue weighted by molar-refractivity contribution is 0.101. The summed E-state index contributed by atoms with van der Waals surface area (Å²) in [6.45, 7) is 0. The third kappa shape index (κ3) is 4.24. The van der Waals surface area contributed by atoms with E-state index in [-0.39, 0.29) is 5.56 Å². The van der Waals surface area contributed by atoms with Crippen molar-refractivity contribution in [3.63, 3.8) is 0 Å². The van der Waals surface area contributed by atoms with Crippen molar-refractivity contribution in [3.05, 3.63) is 47.3 Å². The Labute approximate surface area is 146 Å². The molecular formula is C19H23F2N3O. The third-order valence-electron chi connectivity index (χ3n) is 4.81. The van der Waals surface area contributed by atoms with Gasteiger partial charge in [0.25, 0.3) is 12.3 Å². The molecule has 0 aliphatic heterocycles. The predicted octanol–water partition coefficient (Wildman–Crippen LogP) is 4.73. The van der Waals surface area contributed by atoms with Crippen LogP contribution in [0.1, 0.15) is 60.1 Å². The van der Waals surface area contributed by atoms with Crippen LogP contribution in [0.25, 0.3) is 0 Å². The molecule has 3 rings (SSSR count). The maximum atomic E-state index is 13.1. The molecule has 0 atom stereocenters. The highest BCUT2D eigenvalue weighted by Crippen LogP contribution is 2.30. The van der Waals surface area contributed by atoms with Crippen LogP contribution in [0.4, 0.5) is 14.5 Å². The molecule has 4 nitrogen and oxygen atoms in total. The molecule has 1 aliphatic carbocycles. The summed E-state index contributed by atoms with van der Waals surface area (Å²) in [5, 5.41) is 6.49. The standard InChI is InChI=1S/C19H23F2N3O/c1-24-12-15(17(23-24)18(20)21)19(25)22-16-10-6-5-9-14(16)11-13-7-3-2-4-8-13/h5-6,9-10,12-13,18H,2-4,7-8,11H2,1H3,(H,22,25). The highest BCUT2D eigenvalue weighted by Gasteiger charge is 2.23. The summed E-state index contributed by atoms with van der Waals surface area (Å²) in [4.78, 5) is 12.5. The Morgan fingerprint density at radius 1 is 1.28 bits per heavy atom. The van der Waals surface area contributed by atoms with Crippen molar-refractivity contribution in [2.24, 2.45) is 13.0 Å². The van der Waals surface area contributed by atoms with Crippen LogP contribution in [0, 0.1) is 5.92 Å². The Morgan fingerprint density at radius 3 is 2.72 bits per heavy atom. The van der Waals surface area contributed by atoms with Gasteiger partial charge < -0.3 is 5.32 Å². The molecule has 6 heteroatoms. The summed E-state index contributed by atoms with van der Waals surface area (Å²) in [6.07, 6.45) is 5.69. The first-order valence-corrected chi connectivity index (χ1v) is 8.75. The van der Waals surface area contributed by atoms with E-state index in [1.165, 1.54) is 50.0 Å². The van der Waals surface area contributed by atoms with Gasteiger partial charge in [0.15, 0.2) is 0 Å². The molecule has 0 radical (unpaired) electrons. The Balaban J connectivity index is 1.77. The minimum Gasteiger partial charge on any atom is -0.322 e. The first kappa shape index (κ1) is 17.6. The number of hydrogen-bond acceptors (Lipinski definition) is 2. The van der Waals surface area contributed by atoms with Gasteiger partial charge in [-0.3, -0.25) is 9.48 Å². The quantitative estimate of drug-likeness (QED) is 0.850. The number of alkyl halides is 2. The maximum Gasteiger partial charge on any atom is 0.282 e. The molecule has 1 fully saturated rings. The summed E-state index contributed by atoms with van der Waals surface area (Å²) < 4.78 is 27.4. The molecule has 1 aromatic heterocycles. The SMILES string of the molecule is Cn1cc(C(=O)Nc2ccccc2CC2CCCCC2)c(C(F)F)n1. The van der Waals surface area contributed by atoms with Gasteiger partial charge >= 0.3 is 0 Å². The summed E-state index contributed by atoms with van der Waals surface area (Å²) in [7, 11) is 1.53. The molecule has 25 heavy (non-hydrogen) atoms. The number of aromatic nitrogens is 2. The van der Waals surface area contributed by atoms with Crippen LogP contribution in [-0.2, 0) is 13.5 Å². The van der Waals surface area contributed by atoms with Gasteiger partial charge in [-0.15, -0.1) is 0 Å². The number of amides is 1. The van der Waals surface area contributed by atoms with Crippen LogP contribution in [0.3, 0.4) is 0 Å². The topological polar surface area (TPSA) is 46.9 Å². The molecule has 1 heterocycles. The van der Waals surface area contributed by atoms with Gasteiger partial charge in [0, 0.05) is 18.9 Å². The number of hydrogen-bond donors (Lipinski definition) is 1. The van der Waals surface area contributed by atoms with E-state index in [1.807, 2.05) is 24.3 Å². The molecule has 1 aromatic carbocycles. The number of carbonyl (C=O) groups excluding carboxylic acids is 1. The molecule has 0 spiro atoms. The van der Waals surface area contributed by atoms with E-state index in [4.69, 9.17) is 0 Å². The molecular weight excluding hydrogens is 324 g/mol. The number of para-hydroxylation sites is 1. The summed E-state index contributed by atoms with van der Waals surface area (Å²) in [5.74, 6) is 0.0845. The molecule has 0 saturated heterocycles. The average Bonchev–Trinajstić information content (AvgIpc) is 3.00. The van der Waals surface area contributed by atoms with E-state index in [9.17, 15) is 13.6 Å². The van der Waals surface area contributed by atoms with Gasteiger partial charge in [0.2, 0.25) is 0 Å². The van der Waals surface area contributed by atoms with Crippen LogP contribution in [0.2, 0.25) is 0 Å². The van der Waals surface area contributed by atoms with Crippen LogP contribution in [0.15, 0.2) is 30.5 Å². The minimum atomic E-state index is -2.78. The van der Waals surface area contributed by atoms with Crippen LogP contribution < -0.4 is 5.32 Å². The van der Waals surface area contributed by atoms with Gasteiger partial charge in [-0.05, 0) is 24.0 Å². The fourth-order valence-corrected chi connectivity index (χ4v) is 3.55. The van der Waals surface area contributed by atoms with Crippen LogP contribution in [-0.4, -0.2) is 15.7 Å². The predicted molar refractivity (Wildman–Crippen MR) is 92.8 cm³/mol. The number of nitrogens with one attached hydrogen (secondary N) is 1. The van der Waals surface area contributed by atoms with Crippen molar-refractivity contribution in [2.75, 3.05) is 5.32 Å².